The molecule has 1 aliphatic heterocycles. The van der Waals surface area contributed by atoms with Gasteiger partial charge in [0.25, 0.3) is 0 Å². The molecule has 0 radical (unpaired) electrons. The summed E-state index contributed by atoms with van der Waals surface area (Å²) < 4.78 is 1.82. The molecule has 3 heterocycles. The number of carbonyl (C=O) groups is 2. The van der Waals surface area contributed by atoms with Gasteiger partial charge >= 0.3 is 0 Å². The molecule has 1 amide bonds. The van der Waals surface area contributed by atoms with E-state index in [1.165, 1.54) is 0 Å². The molecular formula is C22H23Cl2N5O2. The highest BCUT2D eigenvalue weighted by Crippen LogP contribution is 2.33. The lowest BCUT2D eigenvalue weighted by atomic mass is 9.91. The van der Waals surface area contributed by atoms with Crippen molar-refractivity contribution < 1.29 is 9.59 Å². The molecule has 31 heavy (non-hydrogen) atoms. The van der Waals surface area contributed by atoms with Crippen LogP contribution in [0.25, 0.3) is 16.8 Å². The molecule has 3 aromatic rings. The molecule has 0 spiro atoms. The van der Waals surface area contributed by atoms with E-state index >= 15 is 0 Å². The van der Waals surface area contributed by atoms with E-state index in [-0.39, 0.29) is 24.0 Å². The van der Waals surface area contributed by atoms with Gasteiger partial charge in [0.2, 0.25) is 5.91 Å². The second kappa shape index (κ2) is 8.94. The summed E-state index contributed by atoms with van der Waals surface area (Å²) in [7, 11) is 0. The number of piperidine rings is 1. The van der Waals surface area contributed by atoms with Gasteiger partial charge in [-0.15, -0.1) is 10.2 Å². The molecule has 7 nitrogen and oxygen atoms in total. The number of amides is 1. The summed E-state index contributed by atoms with van der Waals surface area (Å²) in [5, 5.41) is 9.55. The zero-order valence-electron chi connectivity index (χ0n) is 17.1. The predicted molar refractivity (Wildman–Crippen MR) is 120 cm³/mol. The molecule has 1 saturated heterocycles. The van der Waals surface area contributed by atoms with Crippen LogP contribution >= 0.6 is 23.2 Å². The minimum absolute atomic E-state index is 0.0541. The minimum atomic E-state index is -0.0727. The number of aromatic nitrogens is 3. The Morgan fingerprint density at radius 3 is 2.52 bits per heavy atom. The maximum absolute atomic E-state index is 12.9. The standard InChI is InChI=1S/C22H23Cl2N5O2/c1-13(30)28-6-4-14(5-7-28)20(31)10-22-27-26-21-8-15(11-25)18(12-29(21)22)17-3-2-16(23)9-19(17)24/h2-3,8-9,12,14H,4-7,10-11,25H2,1H3. The van der Waals surface area contributed by atoms with Crippen LogP contribution in [0.1, 0.15) is 31.2 Å². The zero-order valence-corrected chi connectivity index (χ0v) is 18.7. The quantitative estimate of drug-likeness (QED) is 0.629. The van der Waals surface area contributed by atoms with Gasteiger partial charge in [0.05, 0.1) is 6.42 Å². The summed E-state index contributed by atoms with van der Waals surface area (Å²) in [4.78, 5) is 26.2. The fraction of sp³-hybridized carbons (Fsp3) is 0.364. The lowest BCUT2D eigenvalue weighted by Gasteiger charge is -2.30. The Hall–Kier alpha value is -2.48. The van der Waals surface area contributed by atoms with Gasteiger partial charge in [0.15, 0.2) is 5.65 Å². The van der Waals surface area contributed by atoms with Gasteiger partial charge in [0.1, 0.15) is 11.6 Å². The molecule has 1 aromatic carbocycles. The Morgan fingerprint density at radius 1 is 1.13 bits per heavy atom. The lowest BCUT2D eigenvalue weighted by molar-refractivity contribution is -0.133. The Bertz CT molecular complexity index is 1150. The van der Waals surface area contributed by atoms with Crippen molar-refractivity contribution in [2.75, 3.05) is 13.1 Å². The number of likely N-dealkylation sites (tertiary alicyclic amines) is 1. The minimum Gasteiger partial charge on any atom is -0.343 e. The van der Waals surface area contributed by atoms with Crippen molar-refractivity contribution in [3.8, 4) is 11.1 Å². The number of Topliss-reactive ketones (excluding diaryl/α,β-unsaturated/α-hetero) is 1. The predicted octanol–water partition coefficient (Wildman–Crippen LogP) is 3.53. The molecule has 0 bridgehead atoms. The number of nitrogens with zero attached hydrogens (tertiary/aromatic N) is 4. The van der Waals surface area contributed by atoms with Crippen molar-refractivity contribution in [1.82, 2.24) is 19.5 Å². The third-order valence-corrected chi connectivity index (χ3v) is 6.42. The number of pyridine rings is 1. The first-order valence-corrected chi connectivity index (χ1v) is 10.9. The van der Waals surface area contributed by atoms with Crippen molar-refractivity contribution in [1.29, 1.82) is 0 Å². The Labute approximate surface area is 190 Å². The lowest BCUT2D eigenvalue weighted by Crippen LogP contribution is -2.39. The van der Waals surface area contributed by atoms with E-state index in [9.17, 15) is 9.59 Å². The van der Waals surface area contributed by atoms with Crippen molar-refractivity contribution in [2.24, 2.45) is 11.7 Å². The summed E-state index contributed by atoms with van der Waals surface area (Å²) in [5.41, 5.74) is 9.12. The van der Waals surface area contributed by atoms with Crippen molar-refractivity contribution in [3.63, 3.8) is 0 Å². The summed E-state index contributed by atoms with van der Waals surface area (Å²) in [6.07, 6.45) is 3.42. The Balaban J connectivity index is 1.62. The van der Waals surface area contributed by atoms with Crippen LogP contribution in [0.2, 0.25) is 10.0 Å². The first kappa shape index (κ1) is 21.7. The number of carbonyl (C=O) groups excluding carboxylic acids is 2. The second-order valence-electron chi connectivity index (χ2n) is 7.81. The number of nitrogens with two attached hydrogens (primary N) is 1. The second-order valence-corrected chi connectivity index (χ2v) is 8.65. The van der Waals surface area contributed by atoms with Crippen LogP contribution in [0.4, 0.5) is 0 Å². The fourth-order valence-electron chi connectivity index (χ4n) is 4.08. The van der Waals surface area contributed by atoms with E-state index in [1.807, 2.05) is 22.7 Å². The highest BCUT2D eigenvalue weighted by atomic mass is 35.5. The van der Waals surface area contributed by atoms with Gasteiger partial charge in [-0.1, -0.05) is 29.3 Å². The van der Waals surface area contributed by atoms with Crippen molar-refractivity contribution in [3.05, 3.63) is 51.9 Å². The zero-order chi connectivity index (χ0) is 22.1. The van der Waals surface area contributed by atoms with E-state index in [1.54, 1.807) is 24.0 Å². The number of benzene rings is 1. The number of hydrogen-bond donors (Lipinski definition) is 1. The third kappa shape index (κ3) is 4.44. The smallest absolute Gasteiger partial charge is 0.219 e. The first-order chi connectivity index (χ1) is 14.9. The summed E-state index contributed by atoms with van der Waals surface area (Å²) >= 11 is 12.5. The van der Waals surface area contributed by atoms with E-state index in [0.717, 1.165) is 16.7 Å². The van der Waals surface area contributed by atoms with E-state index in [4.69, 9.17) is 28.9 Å². The third-order valence-electron chi connectivity index (χ3n) is 5.87. The number of rotatable bonds is 5. The fourth-order valence-corrected chi connectivity index (χ4v) is 4.59. The highest BCUT2D eigenvalue weighted by Gasteiger charge is 2.27. The van der Waals surface area contributed by atoms with Gasteiger partial charge in [-0.2, -0.15) is 0 Å². The molecule has 1 fully saturated rings. The molecule has 2 N–H and O–H groups in total. The van der Waals surface area contributed by atoms with Gasteiger partial charge in [-0.3, -0.25) is 14.0 Å². The molecule has 0 unspecified atom stereocenters. The molecule has 4 rings (SSSR count). The van der Waals surface area contributed by atoms with Crippen LogP contribution in [0, 0.1) is 5.92 Å². The first-order valence-electron chi connectivity index (χ1n) is 10.2. The summed E-state index contributed by atoms with van der Waals surface area (Å²) in [6, 6.07) is 7.18. The van der Waals surface area contributed by atoms with E-state index in [0.29, 0.717) is 54.0 Å². The topological polar surface area (TPSA) is 93.6 Å². The molecule has 0 atom stereocenters. The van der Waals surface area contributed by atoms with Crippen LogP contribution in [0.5, 0.6) is 0 Å². The molecule has 0 aliphatic carbocycles. The van der Waals surface area contributed by atoms with Crippen LogP contribution in [-0.4, -0.2) is 44.3 Å². The number of ketones is 1. The molecule has 9 heteroatoms. The molecule has 162 valence electrons. The van der Waals surface area contributed by atoms with Gasteiger partial charge in [-0.05, 0) is 36.6 Å². The van der Waals surface area contributed by atoms with E-state index in [2.05, 4.69) is 10.2 Å². The normalized spacial score (nSPS) is 14.9. The molecule has 2 aromatic heterocycles. The monoisotopic (exact) mass is 459 g/mol. The van der Waals surface area contributed by atoms with Gasteiger partial charge in [0, 0.05) is 59.8 Å². The van der Waals surface area contributed by atoms with Crippen molar-refractivity contribution >= 4 is 40.5 Å². The largest absolute Gasteiger partial charge is 0.343 e. The molecule has 1 aliphatic rings. The number of halogens is 2. The maximum atomic E-state index is 12.9. The highest BCUT2D eigenvalue weighted by molar-refractivity contribution is 6.36. The average Bonchev–Trinajstić information content (AvgIpc) is 3.14. The van der Waals surface area contributed by atoms with E-state index < -0.39 is 0 Å². The summed E-state index contributed by atoms with van der Waals surface area (Å²) in [5.74, 6) is 0.672. The van der Waals surface area contributed by atoms with Crippen LogP contribution in [0.3, 0.4) is 0 Å². The van der Waals surface area contributed by atoms with Gasteiger partial charge in [-0.25, -0.2) is 0 Å². The van der Waals surface area contributed by atoms with Crippen LogP contribution in [0.15, 0.2) is 30.5 Å². The Kier molecular flexibility index (Phi) is 6.27. The molecular weight excluding hydrogens is 437 g/mol. The Morgan fingerprint density at radius 2 is 1.87 bits per heavy atom. The SMILES string of the molecule is CC(=O)N1CCC(C(=O)Cc2nnc3cc(CN)c(-c4ccc(Cl)cc4Cl)cn23)CC1. The van der Waals surface area contributed by atoms with Crippen LogP contribution < -0.4 is 5.73 Å². The van der Waals surface area contributed by atoms with Crippen LogP contribution in [-0.2, 0) is 22.6 Å². The van der Waals surface area contributed by atoms with Gasteiger partial charge < -0.3 is 10.6 Å². The molecule has 0 saturated carbocycles. The average molecular weight is 460 g/mol. The van der Waals surface area contributed by atoms with Crippen molar-refractivity contribution in [2.45, 2.75) is 32.7 Å². The maximum Gasteiger partial charge on any atom is 0.219 e. The summed E-state index contributed by atoms with van der Waals surface area (Å²) in [6.45, 7) is 3.10. The number of fused-ring (bicyclic) bond motifs is 1. The number of hydrogen-bond acceptors (Lipinski definition) is 5.